The van der Waals surface area contributed by atoms with Gasteiger partial charge in [-0.05, 0) is 55.5 Å². The van der Waals surface area contributed by atoms with Gasteiger partial charge in [0.25, 0.3) is 0 Å². The van der Waals surface area contributed by atoms with Crippen LogP contribution in [0.3, 0.4) is 0 Å². The molecule has 100 valence electrons. The minimum absolute atomic E-state index is 0.450. The number of halogens is 1. The third kappa shape index (κ3) is 3.13. The standard InChI is InChI=1S/C13H21BrN4/c1-4-15-12-11(14)13(17-8-16-12)18(9(2)3)7-10-5-6-10/h8-10H,4-7H2,1-3H3,(H,15,16,17). The monoisotopic (exact) mass is 312 g/mol. The largest absolute Gasteiger partial charge is 0.369 e. The number of nitrogens with one attached hydrogen (secondary N) is 1. The van der Waals surface area contributed by atoms with Gasteiger partial charge in [0.1, 0.15) is 22.4 Å². The molecule has 4 nitrogen and oxygen atoms in total. The summed E-state index contributed by atoms with van der Waals surface area (Å²) in [6.07, 6.45) is 4.35. The zero-order valence-electron chi connectivity index (χ0n) is 11.3. The van der Waals surface area contributed by atoms with Gasteiger partial charge >= 0.3 is 0 Å². The predicted molar refractivity (Wildman–Crippen MR) is 79.1 cm³/mol. The van der Waals surface area contributed by atoms with Gasteiger partial charge in [-0.25, -0.2) is 9.97 Å². The van der Waals surface area contributed by atoms with E-state index in [1.54, 1.807) is 6.33 Å². The molecule has 5 heteroatoms. The second kappa shape index (κ2) is 5.87. The molecule has 0 spiro atoms. The fourth-order valence-electron chi connectivity index (χ4n) is 1.97. The van der Waals surface area contributed by atoms with Crippen molar-refractivity contribution in [2.75, 3.05) is 23.3 Å². The van der Waals surface area contributed by atoms with Gasteiger partial charge in [0.05, 0.1) is 0 Å². The van der Waals surface area contributed by atoms with Gasteiger partial charge in [0.2, 0.25) is 0 Å². The highest BCUT2D eigenvalue weighted by atomic mass is 79.9. The Bertz CT molecular complexity index is 404. The van der Waals surface area contributed by atoms with Crippen LogP contribution in [0.1, 0.15) is 33.6 Å². The van der Waals surface area contributed by atoms with E-state index < -0.39 is 0 Å². The summed E-state index contributed by atoms with van der Waals surface area (Å²) >= 11 is 3.63. The minimum atomic E-state index is 0.450. The molecule has 1 saturated carbocycles. The van der Waals surface area contributed by atoms with Crippen molar-refractivity contribution in [2.45, 2.75) is 39.7 Å². The molecule has 0 aliphatic heterocycles. The van der Waals surface area contributed by atoms with Crippen molar-refractivity contribution in [2.24, 2.45) is 5.92 Å². The van der Waals surface area contributed by atoms with E-state index >= 15 is 0 Å². The van der Waals surface area contributed by atoms with Crippen LogP contribution in [-0.4, -0.2) is 29.1 Å². The summed E-state index contributed by atoms with van der Waals surface area (Å²) in [7, 11) is 0. The molecule has 1 aliphatic carbocycles. The van der Waals surface area contributed by atoms with Crippen LogP contribution in [0, 0.1) is 5.92 Å². The smallest absolute Gasteiger partial charge is 0.148 e. The summed E-state index contributed by atoms with van der Waals surface area (Å²) in [6, 6.07) is 0.450. The molecule has 0 amide bonds. The van der Waals surface area contributed by atoms with Crippen molar-refractivity contribution in [1.29, 1.82) is 0 Å². The fraction of sp³-hybridized carbons (Fsp3) is 0.692. The molecule has 1 aromatic rings. The Balaban J connectivity index is 2.25. The normalized spacial score (nSPS) is 14.9. The van der Waals surface area contributed by atoms with E-state index in [1.807, 2.05) is 0 Å². The molecular weight excluding hydrogens is 292 g/mol. The predicted octanol–water partition coefficient (Wildman–Crippen LogP) is 3.30. The van der Waals surface area contributed by atoms with Gasteiger partial charge in [0.15, 0.2) is 0 Å². The van der Waals surface area contributed by atoms with Crippen molar-refractivity contribution in [3.63, 3.8) is 0 Å². The molecule has 0 saturated heterocycles. The topological polar surface area (TPSA) is 41.1 Å². The highest BCUT2D eigenvalue weighted by Crippen LogP contribution is 2.35. The summed E-state index contributed by atoms with van der Waals surface area (Å²) in [5, 5.41) is 3.25. The third-order valence-corrected chi connectivity index (χ3v) is 3.89. The van der Waals surface area contributed by atoms with Crippen LogP contribution in [0.25, 0.3) is 0 Å². The summed E-state index contributed by atoms with van der Waals surface area (Å²) in [6.45, 7) is 8.45. The SMILES string of the molecule is CCNc1ncnc(N(CC2CC2)C(C)C)c1Br. The van der Waals surface area contributed by atoms with Crippen LogP contribution >= 0.6 is 15.9 Å². The number of nitrogens with zero attached hydrogens (tertiary/aromatic N) is 3. The minimum Gasteiger partial charge on any atom is -0.369 e. The van der Waals surface area contributed by atoms with Crippen molar-refractivity contribution in [3.05, 3.63) is 10.8 Å². The molecule has 2 rings (SSSR count). The number of aromatic nitrogens is 2. The van der Waals surface area contributed by atoms with E-state index in [1.165, 1.54) is 12.8 Å². The Morgan fingerprint density at radius 2 is 2.17 bits per heavy atom. The molecule has 1 heterocycles. The first-order valence-electron chi connectivity index (χ1n) is 6.64. The lowest BCUT2D eigenvalue weighted by Gasteiger charge is -2.29. The van der Waals surface area contributed by atoms with Crippen LogP contribution in [0.15, 0.2) is 10.8 Å². The highest BCUT2D eigenvalue weighted by molar-refractivity contribution is 9.10. The molecule has 0 unspecified atom stereocenters. The maximum atomic E-state index is 4.45. The quantitative estimate of drug-likeness (QED) is 0.875. The van der Waals surface area contributed by atoms with Crippen molar-refractivity contribution < 1.29 is 0 Å². The van der Waals surface area contributed by atoms with E-state index in [0.29, 0.717) is 6.04 Å². The average Bonchev–Trinajstić information content (AvgIpc) is 3.13. The van der Waals surface area contributed by atoms with Gasteiger partial charge < -0.3 is 10.2 Å². The lowest BCUT2D eigenvalue weighted by molar-refractivity contribution is 0.634. The van der Waals surface area contributed by atoms with Crippen LogP contribution in [0.4, 0.5) is 11.6 Å². The number of rotatable bonds is 6. The van der Waals surface area contributed by atoms with Gasteiger partial charge in [-0.1, -0.05) is 0 Å². The lowest BCUT2D eigenvalue weighted by Crippen LogP contribution is -2.34. The van der Waals surface area contributed by atoms with Gasteiger partial charge in [-0.2, -0.15) is 0 Å². The van der Waals surface area contributed by atoms with Crippen molar-refractivity contribution >= 4 is 27.6 Å². The van der Waals surface area contributed by atoms with Gasteiger partial charge in [-0.15, -0.1) is 0 Å². The molecule has 0 radical (unpaired) electrons. The Labute approximate surface area is 117 Å². The molecule has 0 atom stereocenters. The van der Waals surface area contributed by atoms with E-state index in [0.717, 1.165) is 35.1 Å². The fourth-order valence-corrected chi connectivity index (χ4v) is 2.54. The Morgan fingerprint density at radius 3 is 2.72 bits per heavy atom. The van der Waals surface area contributed by atoms with Gasteiger partial charge in [0, 0.05) is 19.1 Å². The molecule has 0 aromatic carbocycles. The third-order valence-electron chi connectivity index (χ3n) is 3.16. The molecule has 18 heavy (non-hydrogen) atoms. The second-order valence-electron chi connectivity index (χ2n) is 5.08. The van der Waals surface area contributed by atoms with Gasteiger partial charge in [-0.3, -0.25) is 0 Å². The first kappa shape index (κ1) is 13.6. The number of anilines is 2. The molecule has 1 aliphatic rings. The summed E-state index contributed by atoms with van der Waals surface area (Å²) in [5.41, 5.74) is 0. The number of hydrogen-bond acceptors (Lipinski definition) is 4. The summed E-state index contributed by atoms with van der Waals surface area (Å²) in [4.78, 5) is 11.1. The van der Waals surface area contributed by atoms with Crippen molar-refractivity contribution in [3.8, 4) is 0 Å². The first-order valence-corrected chi connectivity index (χ1v) is 7.43. The van der Waals surface area contributed by atoms with Crippen LogP contribution in [0.5, 0.6) is 0 Å². The Morgan fingerprint density at radius 1 is 1.44 bits per heavy atom. The molecular formula is C13H21BrN4. The summed E-state index contributed by atoms with van der Waals surface area (Å²) in [5.74, 6) is 2.73. The van der Waals surface area contributed by atoms with E-state index in [9.17, 15) is 0 Å². The molecule has 0 bridgehead atoms. The molecule has 1 aromatic heterocycles. The number of hydrogen-bond donors (Lipinski definition) is 1. The second-order valence-corrected chi connectivity index (χ2v) is 5.87. The van der Waals surface area contributed by atoms with E-state index in [2.05, 4.69) is 56.9 Å². The van der Waals surface area contributed by atoms with Crippen molar-refractivity contribution in [1.82, 2.24) is 9.97 Å². The van der Waals surface area contributed by atoms with E-state index in [4.69, 9.17) is 0 Å². The maximum Gasteiger partial charge on any atom is 0.148 e. The Kier molecular flexibility index (Phi) is 4.43. The lowest BCUT2D eigenvalue weighted by atomic mass is 10.2. The van der Waals surface area contributed by atoms with E-state index in [-0.39, 0.29) is 0 Å². The Hall–Kier alpha value is -0.840. The first-order chi connectivity index (χ1) is 8.63. The highest BCUT2D eigenvalue weighted by Gasteiger charge is 2.27. The van der Waals surface area contributed by atoms with Crippen LogP contribution in [-0.2, 0) is 0 Å². The molecule has 1 fully saturated rings. The zero-order chi connectivity index (χ0) is 13.1. The summed E-state index contributed by atoms with van der Waals surface area (Å²) < 4.78 is 0.973. The van der Waals surface area contributed by atoms with Crippen LogP contribution < -0.4 is 10.2 Å². The molecule has 1 N–H and O–H groups in total. The average molecular weight is 313 g/mol. The zero-order valence-corrected chi connectivity index (χ0v) is 12.9. The maximum absolute atomic E-state index is 4.45. The van der Waals surface area contributed by atoms with Crippen LogP contribution in [0.2, 0.25) is 0 Å².